The van der Waals surface area contributed by atoms with Crippen molar-refractivity contribution in [1.82, 2.24) is 0 Å². The minimum Gasteiger partial charge on any atom is -0.395 e. The van der Waals surface area contributed by atoms with Crippen LogP contribution in [0.4, 0.5) is 11.6 Å². The van der Waals surface area contributed by atoms with Crippen molar-refractivity contribution in [2.45, 2.75) is 0 Å². The lowest BCUT2D eigenvalue weighted by molar-refractivity contribution is -0.402. The number of hydrogen-bond acceptors (Lipinski definition) is 5. The van der Waals surface area contributed by atoms with Crippen molar-refractivity contribution in [3.05, 3.63) is 57.7 Å². The first kappa shape index (κ1) is 12.4. The van der Waals surface area contributed by atoms with Gasteiger partial charge in [0.2, 0.25) is 0 Å². The molecular formula is C13H8N2O4S. The zero-order chi connectivity index (χ0) is 14.1. The highest BCUT2D eigenvalue weighted by molar-refractivity contribution is 7.17. The van der Waals surface area contributed by atoms with Crippen LogP contribution in [0.3, 0.4) is 0 Å². The van der Waals surface area contributed by atoms with Gasteiger partial charge in [-0.25, -0.2) is 0 Å². The molecule has 20 heavy (non-hydrogen) atoms. The molecule has 0 saturated carbocycles. The molecule has 1 N–H and O–H groups in total. The minimum absolute atomic E-state index is 0.0953. The fourth-order valence-corrected chi connectivity index (χ4v) is 2.56. The van der Waals surface area contributed by atoms with Crippen molar-refractivity contribution in [1.29, 1.82) is 0 Å². The van der Waals surface area contributed by atoms with Crippen LogP contribution in [0.15, 0.2) is 46.2 Å². The number of thiophene rings is 1. The number of nitro groups is 1. The Balaban J connectivity index is 1.82. The van der Waals surface area contributed by atoms with Gasteiger partial charge in [0.05, 0.1) is 6.07 Å². The number of benzene rings is 1. The van der Waals surface area contributed by atoms with Crippen LogP contribution < -0.4 is 5.32 Å². The highest BCUT2D eigenvalue weighted by Gasteiger charge is 2.17. The van der Waals surface area contributed by atoms with Crippen molar-refractivity contribution in [3.63, 3.8) is 0 Å². The van der Waals surface area contributed by atoms with E-state index in [0.29, 0.717) is 5.69 Å². The lowest BCUT2D eigenvalue weighted by Gasteiger charge is -2.02. The topological polar surface area (TPSA) is 85.4 Å². The third kappa shape index (κ3) is 2.26. The number of nitrogens with zero attached hydrogens (tertiary/aromatic N) is 1. The second-order valence-corrected chi connectivity index (χ2v) is 4.97. The zero-order valence-corrected chi connectivity index (χ0v) is 10.8. The van der Waals surface area contributed by atoms with Crippen LogP contribution in [-0.4, -0.2) is 10.8 Å². The molecule has 0 spiro atoms. The Bertz CT molecular complexity index is 805. The molecule has 0 aliphatic heterocycles. The summed E-state index contributed by atoms with van der Waals surface area (Å²) in [6.07, 6.45) is 0. The van der Waals surface area contributed by atoms with Crippen LogP contribution in [0.1, 0.15) is 10.6 Å². The van der Waals surface area contributed by atoms with E-state index in [1.807, 2.05) is 23.6 Å². The number of carbonyl (C=O) groups excluding carboxylic acids is 1. The fourth-order valence-electron chi connectivity index (χ4n) is 1.78. The third-order valence-electron chi connectivity index (χ3n) is 2.71. The minimum atomic E-state index is -0.686. The molecule has 0 radical (unpaired) electrons. The largest absolute Gasteiger partial charge is 0.433 e. The van der Waals surface area contributed by atoms with E-state index in [-0.39, 0.29) is 5.76 Å². The molecule has 1 amide bonds. The van der Waals surface area contributed by atoms with Gasteiger partial charge < -0.3 is 9.73 Å². The molecule has 6 nitrogen and oxygen atoms in total. The highest BCUT2D eigenvalue weighted by Crippen LogP contribution is 2.24. The molecule has 0 atom stereocenters. The van der Waals surface area contributed by atoms with Gasteiger partial charge in [-0.2, -0.15) is 0 Å². The second-order valence-electron chi connectivity index (χ2n) is 4.02. The monoisotopic (exact) mass is 288 g/mol. The van der Waals surface area contributed by atoms with E-state index in [0.717, 1.165) is 16.2 Å². The summed E-state index contributed by atoms with van der Waals surface area (Å²) < 4.78 is 5.96. The number of nitrogens with one attached hydrogen (secondary N) is 1. The molecule has 100 valence electrons. The van der Waals surface area contributed by atoms with Gasteiger partial charge in [-0.1, -0.05) is 0 Å². The highest BCUT2D eigenvalue weighted by atomic mass is 32.1. The summed E-state index contributed by atoms with van der Waals surface area (Å²) in [6.45, 7) is 0. The number of anilines is 1. The standard InChI is InChI=1S/C13H8N2O4S/c16-13(10-2-4-12(19-10)15(17)18)14-9-1-3-11-8(7-9)5-6-20-11/h1-7H,(H,14,16). The molecular weight excluding hydrogens is 280 g/mol. The van der Waals surface area contributed by atoms with E-state index in [4.69, 9.17) is 4.42 Å². The van der Waals surface area contributed by atoms with E-state index >= 15 is 0 Å². The number of carbonyl (C=O) groups is 1. The molecule has 3 rings (SSSR count). The molecule has 1 aromatic carbocycles. The average Bonchev–Trinajstić information content (AvgIpc) is 3.07. The molecule has 0 saturated heterocycles. The molecule has 0 unspecified atom stereocenters. The molecule has 2 aromatic heterocycles. The van der Waals surface area contributed by atoms with Crippen LogP contribution >= 0.6 is 11.3 Å². The van der Waals surface area contributed by atoms with Gasteiger partial charge in [-0.15, -0.1) is 11.3 Å². The van der Waals surface area contributed by atoms with Crippen LogP contribution in [0.25, 0.3) is 10.1 Å². The summed E-state index contributed by atoms with van der Waals surface area (Å²) in [7, 11) is 0. The average molecular weight is 288 g/mol. The van der Waals surface area contributed by atoms with Crippen molar-refractivity contribution in [2.24, 2.45) is 0 Å². The summed E-state index contributed by atoms with van der Waals surface area (Å²) in [5.74, 6) is -1.07. The predicted octanol–water partition coefficient (Wildman–Crippen LogP) is 3.65. The molecule has 0 aliphatic carbocycles. The van der Waals surface area contributed by atoms with Gasteiger partial charge in [-0.3, -0.25) is 14.9 Å². The Morgan fingerprint density at radius 1 is 1.25 bits per heavy atom. The lowest BCUT2D eigenvalue weighted by atomic mass is 10.2. The van der Waals surface area contributed by atoms with Gasteiger partial charge in [0.1, 0.15) is 4.92 Å². The maximum Gasteiger partial charge on any atom is 0.433 e. The molecule has 2 heterocycles. The molecule has 7 heteroatoms. The van der Waals surface area contributed by atoms with Gasteiger partial charge in [-0.05, 0) is 41.1 Å². The molecule has 0 fully saturated rings. The first-order valence-electron chi connectivity index (χ1n) is 5.66. The number of hydrogen-bond donors (Lipinski definition) is 1. The van der Waals surface area contributed by atoms with Crippen LogP contribution in [0.2, 0.25) is 0 Å². The predicted molar refractivity (Wildman–Crippen MR) is 75.1 cm³/mol. The fraction of sp³-hybridized carbons (Fsp3) is 0. The Morgan fingerprint density at radius 2 is 2.10 bits per heavy atom. The first-order chi connectivity index (χ1) is 9.63. The van der Waals surface area contributed by atoms with Crippen LogP contribution in [0.5, 0.6) is 0 Å². The number of rotatable bonds is 3. The number of fused-ring (bicyclic) bond motifs is 1. The van der Waals surface area contributed by atoms with E-state index in [2.05, 4.69) is 5.32 Å². The molecule has 3 aromatic rings. The van der Waals surface area contributed by atoms with Gasteiger partial charge in [0.25, 0.3) is 5.91 Å². The van der Waals surface area contributed by atoms with Gasteiger partial charge >= 0.3 is 5.88 Å². The van der Waals surface area contributed by atoms with Crippen molar-refractivity contribution in [3.8, 4) is 0 Å². The summed E-state index contributed by atoms with van der Waals surface area (Å²) in [6, 6.07) is 9.89. The van der Waals surface area contributed by atoms with Crippen LogP contribution in [-0.2, 0) is 0 Å². The lowest BCUT2D eigenvalue weighted by Crippen LogP contribution is -2.10. The Morgan fingerprint density at radius 3 is 2.85 bits per heavy atom. The zero-order valence-electron chi connectivity index (χ0n) is 10.0. The maximum atomic E-state index is 11.9. The number of furan rings is 1. The normalized spacial score (nSPS) is 10.6. The van der Waals surface area contributed by atoms with Crippen LogP contribution in [0, 0.1) is 10.1 Å². The van der Waals surface area contributed by atoms with E-state index in [9.17, 15) is 14.9 Å². The van der Waals surface area contributed by atoms with E-state index in [1.54, 1.807) is 17.4 Å². The first-order valence-corrected chi connectivity index (χ1v) is 6.54. The SMILES string of the molecule is O=C(Nc1ccc2sccc2c1)c1ccc([N+](=O)[O-])o1. The number of amides is 1. The van der Waals surface area contributed by atoms with Gasteiger partial charge in [0.15, 0.2) is 5.76 Å². The summed E-state index contributed by atoms with van der Waals surface area (Å²) in [5, 5.41) is 16.1. The van der Waals surface area contributed by atoms with E-state index in [1.165, 1.54) is 6.07 Å². The maximum absolute atomic E-state index is 11.9. The Labute approximate surface area is 116 Å². The van der Waals surface area contributed by atoms with Gasteiger partial charge in [0, 0.05) is 10.4 Å². The summed E-state index contributed by atoms with van der Waals surface area (Å²) >= 11 is 1.61. The quantitative estimate of drug-likeness (QED) is 0.588. The molecule has 0 bridgehead atoms. The van der Waals surface area contributed by atoms with Crippen molar-refractivity contribution >= 4 is 38.9 Å². The third-order valence-corrected chi connectivity index (χ3v) is 3.60. The second kappa shape index (κ2) is 4.78. The van der Waals surface area contributed by atoms with E-state index < -0.39 is 16.7 Å². The Kier molecular flexibility index (Phi) is 2.96. The summed E-state index contributed by atoms with van der Waals surface area (Å²) in [5.41, 5.74) is 0.611. The van der Waals surface area contributed by atoms with Crippen molar-refractivity contribution < 1.29 is 14.1 Å². The summed E-state index contributed by atoms with van der Waals surface area (Å²) in [4.78, 5) is 21.7. The smallest absolute Gasteiger partial charge is 0.395 e. The molecule has 0 aliphatic rings. The Hall–Kier alpha value is -2.67. The van der Waals surface area contributed by atoms with Crippen molar-refractivity contribution in [2.75, 3.05) is 5.32 Å².